The summed E-state index contributed by atoms with van der Waals surface area (Å²) >= 11 is 6.04. The second kappa shape index (κ2) is 3.95. The van der Waals surface area contributed by atoms with E-state index in [0.29, 0.717) is 6.04 Å². The molecule has 2 atom stereocenters. The van der Waals surface area contributed by atoms with Crippen LogP contribution in [0, 0.1) is 0 Å². The van der Waals surface area contributed by atoms with Crippen molar-refractivity contribution in [1.29, 1.82) is 0 Å². The first-order valence-corrected chi connectivity index (χ1v) is 4.95. The third kappa shape index (κ3) is 2.61. The molecule has 1 N–H and O–H groups in total. The van der Waals surface area contributed by atoms with Gasteiger partial charge in [-0.15, -0.1) is 11.6 Å². The standard InChI is InChI=1S/C9H18ClNO/c1-7(10)9(2,3)11-8-4-5-12-6-8/h7-8,11H,4-6H2,1-3H3. The second-order valence-electron chi connectivity index (χ2n) is 4.04. The molecule has 0 bridgehead atoms. The first-order valence-electron chi connectivity index (χ1n) is 4.52. The zero-order valence-corrected chi connectivity index (χ0v) is 8.82. The van der Waals surface area contributed by atoms with Crippen LogP contribution >= 0.6 is 11.6 Å². The van der Waals surface area contributed by atoms with Crippen molar-refractivity contribution in [3.63, 3.8) is 0 Å². The van der Waals surface area contributed by atoms with Gasteiger partial charge in [0.25, 0.3) is 0 Å². The quantitative estimate of drug-likeness (QED) is 0.687. The summed E-state index contributed by atoms with van der Waals surface area (Å²) in [7, 11) is 0. The smallest absolute Gasteiger partial charge is 0.0620 e. The lowest BCUT2D eigenvalue weighted by atomic mass is 10.00. The molecule has 1 rings (SSSR count). The predicted octanol–water partition coefficient (Wildman–Crippen LogP) is 1.77. The highest BCUT2D eigenvalue weighted by Gasteiger charge is 2.28. The van der Waals surface area contributed by atoms with Crippen molar-refractivity contribution < 1.29 is 4.74 Å². The van der Waals surface area contributed by atoms with Crippen LogP contribution in [0.2, 0.25) is 0 Å². The average molecular weight is 192 g/mol. The number of nitrogens with one attached hydrogen (secondary N) is 1. The van der Waals surface area contributed by atoms with Crippen molar-refractivity contribution in [2.45, 2.75) is 44.1 Å². The van der Waals surface area contributed by atoms with Crippen LogP contribution in [0.1, 0.15) is 27.2 Å². The van der Waals surface area contributed by atoms with Gasteiger partial charge in [0.15, 0.2) is 0 Å². The van der Waals surface area contributed by atoms with Gasteiger partial charge in [0.2, 0.25) is 0 Å². The number of rotatable bonds is 3. The molecule has 0 spiro atoms. The maximum absolute atomic E-state index is 6.04. The normalized spacial score (nSPS) is 27.5. The lowest BCUT2D eigenvalue weighted by molar-refractivity contribution is 0.183. The molecular weight excluding hydrogens is 174 g/mol. The van der Waals surface area contributed by atoms with Gasteiger partial charge in [0.05, 0.1) is 6.61 Å². The van der Waals surface area contributed by atoms with Gasteiger partial charge in [-0.2, -0.15) is 0 Å². The van der Waals surface area contributed by atoms with Crippen molar-refractivity contribution in [3.8, 4) is 0 Å². The Morgan fingerprint density at radius 2 is 2.25 bits per heavy atom. The Morgan fingerprint density at radius 3 is 2.67 bits per heavy atom. The van der Waals surface area contributed by atoms with Crippen molar-refractivity contribution in [3.05, 3.63) is 0 Å². The van der Waals surface area contributed by atoms with Crippen LogP contribution in [0.4, 0.5) is 0 Å². The van der Waals surface area contributed by atoms with Crippen molar-refractivity contribution in [2.75, 3.05) is 13.2 Å². The molecule has 2 unspecified atom stereocenters. The van der Waals surface area contributed by atoms with E-state index in [1.54, 1.807) is 0 Å². The second-order valence-corrected chi connectivity index (χ2v) is 4.70. The zero-order valence-electron chi connectivity index (χ0n) is 8.06. The Balaban J connectivity index is 2.37. The topological polar surface area (TPSA) is 21.3 Å². The monoisotopic (exact) mass is 191 g/mol. The van der Waals surface area contributed by atoms with Gasteiger partial charge in [-0.1, -0.05) is 0 Å². The van der Waals surface area contributed by atoms with E-state index in [1.807, 2.05) is 6.92 Å². The third-order valence-corrected chi connectivity index (χ3v) is 3.05. The van der Waals surface area contributed by atoms with Gasteiger partial charge in [-0.05, 0) is 27.2 Å². The van der Waals surface area contributed by atoms with Gasteiger partial charge < -0.3 is 10.1 Å². The van der Waals surface area contributed by atoms with Crippen LogP contribution in [0.5, 0.6) is 0 Å². The Labute approximate surface area is 79.6 Å². The van der Waals surface area contributed by atoms with Crippen molar-refractivity contribution in [2.24, 2.45) is 0 Å². The number of alkyl halides is 1. The maximum atomic E-state index is 6.04. The molecule has 1 aliphatic rings. The van der Waals surface area contributed by atoms with Gasteiger partial charge in [0, 0.05) is 23.6 Å². The molecule has 0 aliphatic carbocycles. The van der Waals surface area contributed by atoms with E-state index in [0.717, 1.165) is 19.6 Å². The molecule has 1 fully saturated rings. The highest BCUT2D eigenvalue weighted by atomic mass is 35.5. The first kappa shape index (κ1) is 10.3. The van der Waals surface area contributed by atoms with Crippen LogP contribution in [-0.4, -0.2) is 30.2 Å². The van der Waals surface area contributed by atoms with Gasteiger partial charge >= 0.3 is 0 Å². The molecule has 1 saturated heterocycles. The van der Waals surface area contributed by atoms with E-state index < -0.39 is 0 Å². The van der Waals surface area contributed by atoms with E-state index in [4.69, 9.17) is 16.3 Å². The molecule has 1 aliphatic heterocycles. The molecule has 0 aromatic rings. The number of halogens is 1. The van der Waals surface area contributed by atoms with E-state index in [1.165, 1.54) is 0 Å². The van der Waals surface area contributed by atoms with Crippen LogP contribution in [-0.2, 0) is 4.74 Å². The Hall–Kier alpha value is 0.210. The molecule has 0 amide bonds. The number of hydrogen-bond donors (Lipinski definition) is 1. The van der Waals surface area contributed by atoms with E-state index in [9.17, 15) is 0 Å². The highest BCUT2D eigenvalue weighted by molar-refractivity contribution is 6.21. The minimum Gasteiger partial charge on any atom is -0.380 e. The Kier molecular flexibility index (Phi) is 3.38. The third-order valence-electron chi connectivity index (χ3n) is 2.50. The molecule has 0 aromatic carbocycles. The van der Waals surface area contributed by atoms with Gasteiger partial charge in [-0.3, -0.25) is 0 Å². The highest BCUT2D eigenvalue weighted by Crippen LogP contribution is 2.17. The van der Waals surface area contributed by atoms with E-state index >= 15 is 0 Å². The van der Waals surface area contributed by atoms with Gasteiger partial charge in [-0.25, -0.2) is 0 Å². The summed E-state index contributed by atoms with van der Waals surface area (Å²) < 4.78 is 5.28. The van der Waals surface area contributed by atoms with Gasteiger partial charge in [0.1, 0.15) is 0 Å². The fourth-order valence-corrected chi connectivity index (χ4v) is 1.35. The van der Waals surface area contributed by atoms with Crippen LogP contribution in [0.25, 0.3) is 0 Å². The van der Waals surface area contributed by atoms with Crippen LogP contribution in [0.15, 0.2) is 0 Å². The average Bonchev–Trinajstić information content (AvgIpc) is 2.38. The molecule has 2 nitrogen and oxygen atoms in total. The van der Waals surface area contributed by atoms with Crippen molar-refractivity contribution in [1.82, 2.24) is 5.32 Å². The Bertz CT molecular complexity index is 141. The molecule has 72 valence electrons. The minimum atomic E-state index is -0.0000772. The van der Waals surface area contributed by atoms with Crippen molar-refractivity contribution >= 4 is 11.6 Å². The minimum absolute atomic E-state index is 0.0000772. The fourth-order valence-electron chi connectivity index (χ4n) is 1.29. The Morgan fingerprint density at radius 1 is 1.58 bits per heavy atom. The lowest BCUT2D eigenvalue weighted by Gasteiger charge is -2.32. The number of ether oxygens (including phenoxy) is 1. The predicted molar refractivity (Wildman–Crippen MR) is 51.8 cm³/mol. The summed E-state index contributed by atoms with van der Waals surface area (Å²) in [6, 6.07) is 0.487. The summed E-state index contributed by atoms with van der Waals surface area (Å²) in [5, 5.41) is 3.63. The lowest BCUT2D eigenvalue weighted by Crippen LogP contribution is -2.51. The van der Waals surface area contributed by atoms with Crippen LogP contribution < -0.4 is 5.32 Å². The maximum Gasteiger partial charge on any atom is 0.0620 e. The van der Waals surface area contributed by atoms with E-state index in [-0.39, 0.29) is 10.9 Å². The molecule has 1 heterocycles. The fraction of sp³-hybridized carbons (Fsp3) is 1.00. The summed E-state index contributed by atoms with van der Waals surface area (Å²) in [6.45, 7) is 7.98. The number of hydrogen-bond acceptors (Lipinski definition) is 2. The summed E-state index contributed by atoms with van der Waals surface area (Å²) in [5.41, 5.74) is -0.0000772. The first-order chi connectivity index (χ1) is 5.52. The molecule has 0 aromatic heterocycles. The molecule has 0 saturated carbocycles. The molecular formula is C9H18ClNO. The summed E-state index contributed by atoms with van der Waals surface area (Å²) in [5.74, 6) is 0. The van der Waals surface area contributed by atoms with Crippen LogP contribution in [0.3, 0.4) is 0 Å². The zero-order chi connectivity index (χ0) is 9.19. The summed E-state index contributed by atoms with van der Waals surface area (Å²) in [4.78, 5) is 0. The summed E-state index contributed by atoms with van der Waals surface area (Å²) in [6.07, 6.45) is 1.10. The molecule has 0 radical (unpaired) electrons. The largest absolute Gasteiger partial charge is 0.380 e. The van der Waals surface area contributed by atoms with E-state index in [2.05, 4.69) is 19.2 Å². The SMILES string of the molecule is CC(Cl)C(C)(C)NC1CCOC1. The molecule has 3 heteroatoms. The molecule has 12 heavy (non-hydrogen) atoms.